The molecule has 3 nitrogen and oxygen atoms in total. The van der Waals surface area contributed by atoms with E-state index in [4.69, 9.17) is 27.9 Å². The molecule has 1 aromatic carbocycles. The molecule has 0 spiro atoms. The number of aryl methyl sites for hydroxylation is 1. The van der Waals surface area contributed by atoms with Crippen molar-refractivity contribution in [2.75, 3.05) is 13.2 Å². The Hall–Kier alpha value is -1.23. The molecule has 0 saturated carbocycles. The quantitative estimate of drug-likeness (QED) is 0.788. The highest BCUT2D eigenvalue weighted by molar-refractivity contribution is 6.36. The van der Waals surface area contributed by atoms with Crippen molar-refractivity contribution in [2.24, 2.45) is 0 Å². The van der Waals surface area contributed by atoms with Crippen LogP contribution in [0.4, 0.5) is 4.39 Å². The van der Waals surface area contributed by atoms with Gasteiger partial charge in [0.25, 0.3) is 0 Å². The highest BCUT2D eigenvalue weighted by atomic mass is 35.5. The standard InChI is InChI=1S/C16H15Cl2FN2O/c1-9-13(10-4-3-7-22-8-10)15(16(18)21-20-9)14-11(17)5-2-6-12(14)19/h2,5-6,10H,3-4,7-8H2,1H3. The minimum absolute atomic E-state index is 0.118. The van der Waals surface area contributed by atoms with Gasteiger partial charge in [0.05, 0.1) is 17.3 Å². The smallest absolute Gasteiger partial charge is 0.159 e. The summed E-state index contributed by atoms with van der Waals surface area (Å²) in [5.74, 6) is -0.299. The molecule has 1 fully saturated rings. The van der Waals surface area contributed by atoms with E-state index in [1.165, 1.54) is 6.07 Å². The fourth-order valence-electron chi connectivity index (χ4n) is 2.96. The fourth-order valence-corrected chi connectivity index (χ4v) is 3.45. The van der Waals surface area contributed by atoms with Crippen LogP contribution in [-0.4, -0.2) is 23.4 Å². The Labute approximate surface area is 138 Å². The number of nitrogens with zero attached hydrogens (tertiary/aromatic N) is 2. The molecule has 0 amide bonds. The molecule has 6 heteroatoms. The number of hydrogen-bond acceptors (Lipinski definition) is 3. The molecule has 2 aromatic rings. The van der Waals surface area contributed by atoms with Crippen LogP contribution in [0, 0.1) is 12.7 Å². The van der Waals surface area contributed by atoms with Gasteiger partial charge in [0.15, 0.2) is 5.15 Å². The summed E-state index contributed by atoms with van der Waals surface area (Å²) >= 11 is 12.5. The molecule has 1 aromatic heterocycles. The second-order valence-electron chi connectivity index (χ2n) is 5.38. The van der Waals surface area contributed by atoms with Crippen LogP contribution < -0.4 is 0 Å². The summed E-state index contributed by atoms with van der Waals surface area (Å²) in [4.78, 5) is 0. The van der Waals surface area contributed by atoms with Crippen LogP contribution >= 0.6 is 23.2 Å². The van der Waals surface area contributed by atoms with Crippen LogP contribution in [0.1, 0.15) is 30.0 Å². The van der Waals surface area contributed by atoms with E-state index in [-0.39, 0.29) is 16.6 Å². The maximum absolute atomic E-state index is 14.4. The molecule has 0 N–H and O–H groups in total. The fraction of sp³-hybridized carbons (Fsp3) is 0.375. The normalized spacial score (nSPS) is 18.5. The second-order valence-corrected chi connectivity index (χ2v) is 6.14. The molecule has 1 unspecified atom stereocenters. The lowest BCUT2D eigenvalue weighted by atomic mass is 9.87. The van der Waals surface area contributed by atoms with Gasteiger partial charge >= 0.3 is 0 Å². The first-order valence-corrected chi connectivity index (χ1v) is 7.90. The van der Waals surface area contributed by atoms with Gasteiger partial charge in [0, 0.05) is 23.7 Å². The van der Waals surface area contributed by atoms with Crippen LogP contribution in [0.2, 0.25) is 10.2 Å². The molecule has 0 bridgehead atoms. The van der Waals surface area contributed by atoms with Crippen LogP contribution in [0.3, 0.4) is 0 Å². The van der Waals surface area contributed by atoms with E-state index in [0.29, 0.717) is 17.2 Å². The highest BCUT2D eigenvalue weighted by Crippen LogP contribution is 2.42. The lowest BCUT2D eigenvalue weighted by molar-refractivity contribution is 0.0802. The van der Waals surface area contributed by atoms with Crippen molar-refractivity contribution in [1.29, 1.82) is 0 Å². The van der Waals surface area contributed by atoms with Crippen LogP contribution in [0.15, 0.2) is 18.2 Å². The third-order valence-corrected chi connectivity index (χ3v) is 4.51. The predicted octanol–water partition coefficient (Wildman–Crippen LogP) is 4.79. The second kappa shape index (κ2) is 6.49. The van der Waals surface area contributed by atoms with Gasteiger partial charge in [0.1, 0.15) is 5.82 Å². The van der Waals surface area contributed by atoms with Crippen molar-refractivity contribution in [3.05, 3.63) is 45.4 Å². The molecule has 0 radical (unpaired) electrons. The first kappa shape index (κ1) is 15.7. The molecule has 1 atom stereocenters. The van der Waals surface area contributed by atoms with Gasteiger partial charge in [-0.25, -0.2) is 4.39 Å². The van der Waals surface area contributed by atoms with Crippen molar-refractivity contribution in [3.63, 3.8) is 0 Å². The third-order valence-electron chi connectivity index (χ3n) is 3.93. The number of hydrogen-bond donors (Lipinski definition) is 0. The summed E-state index contributed by atoms with van der Waals surface area (Å²) < 4.78 is 19.9. The summed E-state index contributed by atoms with van der Waals surface area (Å²) in [5.41, 5.74) is 2.43. The van der Waals surface area contributed by atoms with Gasteiger partial charge in [-0.3, -0.25) is 0 Å². The Bertz CT molecular complexity index is 683. The van der Waals surface area contributed by atoms with Crippen molar-refractivity contribution >= 4 is 23.2 Å². The van der Waals surface area contributed by atoms with Gasteiger partial charge in [-0.05, 0) is 37.5 Å². The Morgan fingerprint density at radius 3 is 2.73 bits per heavy atom. The third kappa shape index (κ3) is 2.83. The Kier molecular flexibility index (Phi) is 4.62. The topological polar surface area (TPSA) is 35.0 Å². The summed E-state index contributed by atoms with van der Waals surface area (Å²) in [6, 6.07) is 4.58. The van der Waals surface area contributed by atoms with Crippen molar-refractivity contribution < 1.29 is 9.13 Å². The van der Waals surface area contributed by atoms with Crippen LogP contribution in [0.25, 0.3) is 11.1 Å². The van der Waals surface area contributed by atoms with Gasteiger partial charge in [-0.15, -0.1) is 5.10 Å². The number of halogens is 3. The average molecular weight is 341 g/mol. The van der Waals surface area contributed by atoms with Gasteiger partial charge in [-0.2, -0.15) is 5.10 Å². The lowest BCUT2D eigenvalue weighted by Crippen LogP contribution is -2.18. The van der Waals surface area contributed by atoms with E-state index in [9.17, 15) is 4.39 Å². The molecule has 1 aliphatic rings. The minimum Gasteiger partial charge on any atom is -0.381 e. The molecular formula is C16H15Cl2FN2O. The molecule has 1 aliphatic heterocycles. The van der Waals surface area contributed by atoms with E-state index < -0.39 is 5.82 Å². The van der Waals surface area contributed by atoms with E-state index in [1.807, 2.05) is 6.92 Å². The average Bonchev–Trinajstić information content (AvgIpc) is 2.51. The van der Waals surface area contributed by atoms with Gasteiger partial charge in [-0.1, -0.05) is 29.3 Å². The molecular weight excluding hydrogens is 326 g/mol. The monoisotopic (exact) mass is 340 g/mol. The highest BCUT2D eigenvalue weighted by Gasteiger charge is 2.27. The number of benzene rings is 1. The zero-order valence-electron chi connectivity index (χ0n) is 12.1. The maximum atomic E-state index is 14.4. The number of rotatable bonds is 2. The van der Waals surface area contributed by atoms with Crippen molar-refractivity contribution in [2.45, 2.75) is 25.7 Å². The summed E-state index contributed by atoms with van der Waals surface area (Å²) in [7, 11) is 0. The summed E-state index contributed by atoms with van der Waals surface area (Å²) in [6.45, 7) is 3.17. The first-order chi connectivity index (χ1) is 10.6. The Morgan fingerprint density at radius 1 is 1.23 bits per heavy atom. The van der Waals surface area contributed by atoms with E-state index in [2.05, 4.69) is 10.2 Å². The van der Waals surface area contributed by atoms with E-state index in [1.54, 1.807) is 12.1 Å². The zero-order chi connectivity index (χ0) is 15.7. The first-order valence-electron chi connectivity index (χ1n) is 7.14. The SMILES string of the molecule is Cc1nnc(Cl)c(-c2c(F)cccc2Cl)c1C1CCCOC1. The molecule has 0 aliphatic carbocycles. The molecule has 1 saturated heterocycles. The van der Waals surface area contributed by atoms with Crippen LogP contribution in [0.5, 0.6) is 0 Å². The van der Waals surface area contributed by atoms with E-state index in [0.717, 1.165) is 30.7 Å². The molecule has 3 rings (SSSR count). The number of ether oxygens (including phenoxy) is 1. The zero-order valence-corrected chi connectivity index (χ0v) is 13.6. The van der Waals surface area contributed by atoms with Crippen molar-refractivity contribution in [1.82, 2.24) is 10.2 Å². The van der Waals surface area contributed by atoms with Crippen molar-refractivity contribution in [3.8, 4) is 11.1 Å². The van der Waals surface area contributed by atoms with Gasteiger partial charge < -0.3 is 4.74 Å². The summed E-state index contributed by atoms with van der Waals surface area (Å²) in [6.07, 6.45) is 1.90. The molecule has 116 valence electrons. The minimum atomic E-state index is -0.417. The molecule has 2 heterocycles. The molecule has 22 heavy (non-hydrogen) atoms. The Balaban J connectivity index is 2.24. The summed E-state index contributed by atoms with van der Waals surface area (Å²) in [5, 5.41) is 8.52. The largest absolute Gasteiger partial charge is 0.381 e. The number of aromatic nitrogens is 2. The van der Waals surface area contributed by atoms with Crippen LogP contribution in [-0.2, 0) is 4.74 Å². The predicted molar refractivity (Wildman–Crippen MR) is 85.0 cm³/mol. The maximum Gasteiger partial charge on any atom is 0.159 e. The van der Waals surface area contributed by atoms with E-state index >= 15 is 0 Å². The van der Waals surface area contributed by atoms with Gasteiger partial charge in [0.2, 0.25) is 0 Å². The lowest BCUT2D eigenvalue weighted by Gasteiger charge is -2.26. The Morgan fingerprint density at radius 2 is 2.05 bits per heavy atom.